The van der Waals surface area contributed by atoms with Crippen molar-refractivity contribution in [2.24, 2.45) is 11.8 Å². The smallest absolute Gasteiger partial charge is 0.407 e. The number of imidazole rings is 2. The van der Waals surface area contributed by atoms with Crippen molar-refractivity contribution >= 4 is 46.5 Å². The van der Waals surface area contributed by atoms with Gasteiger partial charge in [-0.2, -0.15) is 0 Å². The molecule has 2 fully saturated rings. The zero-order valence-corrected chi connectivity index (χ0v) is 38.3. The molecular formula is C47H58ClN9O7. The van der Waals surface area contributed by atoms with Crippen LogP contribution in [0.25, 0.3) is 44.7 Å². The molecule has 0 aliphatic carbocycles. The molecule has 3 aliphatic rings. The number of aromatic amines is 2. The Morgan fingerprint density at radius 1 is 0.812 bits per heavy atom. The van der Waals surface area contributed by atoms with Gasteiger partial charge in [0.1, 0.15) is 29.5 Å². The van der Waals surface area contributed by atoms with Crippen LogP contribution in [0.2, 0.25) is 5.02 Å². The van der Waals surface area contributed by atoms with E-state index in [-0.39, 0.29) is 42.0 Å². The van der Waals surface area contributed by atoms with Gasteiger partial charge in [0.25, 0.3) is 0 Å². The third kappa shape index (κ3) is 8.39. The second kappa shape index (κ2) is 18.6. The zero-order valence-electron chi connectivity index (χ0n) is 37.5. The summed E-state index contributed by atoms with van der Waals surface area (Å²) in [4.78, 5) is 71.8. The predicted octanol–water partition coefficient (Wildman–Crippen LogP) is 8.91. The second-order valence-electron chi connectivity index (χ2n) is 17.6. The quantitative estimate of drug-likeness (QED) is 0.0895. The fourth-order valence-electron chi connectivity index (χ4n) is 9.43. The zero-order chi connectivity index (χ0) is 45.4. The van der Waals surface area contributed by atoms with Crippen LogP contribution in [-0.4, -0.2) is 97.7 Å². The Labute approximate surface area is 377 Å². The number of halogens is 1. The molecule has 4 amide bonds. The van der Waals surface area contributed by atoms with Crippen LogP contribution in [0.5, 0.6) is 5.75 Å². The van der Waals surface area contributed by atoms with Crippen LogP contribution < -0.4 is 15.4 Å². The molecule has 5 atom stereocenters. The Bertz CT molecular complexity index is 2550. The van der Waals surface area contributed by atoms with E-state index < -0.39 is 24.3 Å². The summed E-state index contributed by atoms with van der Waals surface area (Å²) in [7, 11) is 2.58. The minimum atomic E-state index is -0.720. The monoisotopic (exact) mass is 895 g/mol. The van der Waals surface area contributed by atoms with E-state index in [1.165, 1.54) is 14.2 Å². The summed E-state index contributed by atoms with van der Waals surface area (Å²) in [6.07, 6.45) is 7.89. The maximum Gasteiger partial charge on any atom is 0.407 e. The van der Waals surface area contributed by atoms with E-state index >= 15 is 0 Å². The number of hydrogen-bond acceptors (Lipinski definition) is 9. The maximum atomic E-state index is 13.8. The van der Waals surface area contributed by atoms with Crippen molar-refractivity contribution in [1.29, 1.82) is 0 Å². The third-order valence-corrected chi connectivity index (χ3v) is 13.2. The van der Waals surface area contributed by atoms with Gasteiger partial charge in [0.15, 0.2) is 6.23 Å². The van der Waals surface area contributed by atoms with Gasteiger partial charge in [0.05, 0.1) is 66.3 Å². The molecule has 16 nitrogen and oxygen atoms in total. The lowest BCUT2D eigenvalue weighted by Gasteiger charge is -2.30. The standard InChI is InChI=1S/C47H58ClN9O7/c1-8-9-14-37-57-33-18-16-27(31-23-49-42(51-31)34-12-10-19-55(34)44(58)39(25(2)3)53-46(60)62-6)21-30(33)38(48)41(57)29-17-15-28(22-36(29)64-37)32-24-50-43(52-32)35-13-11-20-56(35)45(59)40(26(4)5)54-47(61)63-7/h15-18,21-26,34-35,37,39-40H,8-14,19-20H2,1-7H3,(H,49,51)(H,50,52)(H,53,60)(H,54,61)/t34-,35-,37?,39-,40-/m0/s1. The summed E-state index contributed by atoms with van der Waals surface area (Å²) in [6.45, 7) is 10.9. The molecule has 8 rings (SSSR count). The molecule has 6 heterocycles. The van der Waals surface area contributed by atoms with Crippen molar-refractivity contribution in [3.63, 3.8) is 0 Å². The molecule has 3 aliphatic heterocycles. The number of amides is 4. The first-order valence-electron chi connectivity index (χ1n) is 22.4. The van der Waals surface area contributed by atoms with Gasteiger partial charge in [-0.25, -0.2) is 19.6 Å². The Hall–Kier alpha value is -6.03. The van der Waals surface area contributed by atoms with Gasteiger partial charge in [-0.1, -0.05) is 64.8 Å². The van der Waals surface area contributed by atoms with Crippen molar-refractivity contribution in [2.45, 2.75) is 110 Å². The number of benzene rings is 2. The minimum Gasteiger partial charge on any atom is -0.469 e. The molecule has 340 valence electrons. The summed E-state index contributed by atoms with van der Waals surface area (Å²) in [6, 6.07) is 10.3. The molecule has 0 saturated carbocycles. The molecule has 1 unspecified atom stereocenters. The molecule has 3 aromatic heterocycles. The van der Waals surface area contributed by atoms with Gasteiger partial charge in [-0.05, 0) is 68.2 Å². The first-order valence-corrected chi connectivity index (χ1v) is 22.8. The number of unbranched alkanes of at least 4 members (excludes halogenated alkanes) is 1. The van der Waals surface area contributed by atoms with Crippen molar-refractivity contribution in [3.05, 3.63) is 65.5 Å². The number of carbonyl (C=O) groups excluding carboxylic acids is 4. The molecule has 0 bridgehead atoms. The van der Waals surface area contributed by atoms with Gasteiger partial charge in [0, 0.05) is 41.6 Å². The topological polar surface area (TPSA) is 189 Å². The second-order valence-corrected chi connectivity index (χ2v) is 18.0. The van der Waals surface area contributed by atoms with E-state index in [0.717, 1.165) is 89.6 Å². The lowest BCUT2D eigenvalue weighted by molar-refractivity contribution is -0.136. The molecule has 2 saturated heterocycles. The van der Waals surface area contributed by atoms with E-state index in [9.17, 15) is 19.2 Å². The van der Waals surface area contributed by atoms with E-state index in [2.05, 4.69) is 50.3 Å². The van der Waals surface area contributed by atoms with Crippen molar-refractivity contribution in [1.82, 2.24) is 44.9 Å². The molecule has 0 radical (unpaired) electrons. The van der Waals surface area contributed by atoms with Crippen LogP contribution in [0.15, 0.2) is 48.8 Å². The summed E-state index contributed by atoms with van der Waals surface area (Å²) in [5.41, 5.74) is 6.10. The van der Waals surface area contributed by atoms with Crippen LogP contribution in [0.1, 0.15) is 110 Å². The number of ether oxygens (including phenoxy) is 3. The molecule has 4 N–H and O–H groups in total. The summed E-state index contributed by atoms with van der Waals surface area (Å²) in [5, 5.41) is 6.93. The number of nitrogens with one attached hydrogen (secondary N) is 4. The normalized spacial score (nSPS) is 19.1. The maximum absolute atomic E-state index is 13.8. The number of alkyl carbamates (subject to hydrolysis) is 2. The van der Waals surface area contributed by atoms with Gasteiger partial charge in [-0.15, -0.1) is 0 Å². The number of likely N-dealkylation sites (tertiary alicyclic amines) is 2. The van der Waals surface area contributed by atoms with E-state index in [0.29, 0.717) is 35.5 Å². The van der Waals surface area contributed by atoms with Crippen LogP contribution in [0.4, 0.5) is 9.59 Å². The highest BCUT2D eigenvalue weighted by atomic mass is 35.5. The van der Waals surface area contributed by atoms with Gasteiger partial charge < -0.3 is 49.2 Å². The average molecular weight is 896 g/mol. The van der Waals surface area contributed by atoms with Crippen molar-refractivity contribution in [2.75, 3.05) is 27.3 Å². The lowest BCUT2D eigenvalue weighted by atomic mass is 10.0. The van der Waals surface area contributed by atoms with Crippen LogP contribution in [0, 0.1) is 11.8 Å². The number of aromatic nitrogens is 5. The highest BCUT2D eigenvalue weighted by Gasteiger charge is 2.39. The van der Waals surface area contributed by atoms with Crippen LogP contribution in [0.3, 0.4) is 0 Å². The Morgan fingerprint density at radius 2 is 1.34 bits per heavy atom. The molecule has 0 spiro atoms. The van der Waals surface area contributed by atoms with Crippen molar-refractivity contribution in [3.8, 4) is 39.5 Å². The first-order chi connectivity index (χ1) is 30.8. The number of H-pyrrole nitrogens is 2. The fourth-order valence-corrected chi connectivity index (χ4v) is 9.77. The molecule has 64 heavy (non-hydrogen) atoms. The number of hydrogen-bond donors (Lipinski definition) is 4. The fraction of sp³-hybridized carbons (Fsp3) is 0.489. The summed E-state index contributed by atoms with van der Waals surface area (Å²) in [5.74, 6) is 1.50. The van der Waals surface area contributed by atoms with E-state index in [1.807, 2.05) is 45.9 Å². The summed E-state index contributed by atoms with van der Waals surface area (Å²) >= 11 is 7.41. The number of rotatable bonds is 13. The van der Waals surface area contributed by atoms with E-state index in [4.69, 9.17) is 35.8 Å². The SMILES string of the molecule is CCCCC1Oc2cc(-c3cnc([C@@H]4CCCN4C(=O)[C@@H](NC(=O)OC)C(C)C)[nH]3)ccc2-c2c(Cl)c3cc(-c4cnc([C@@H]5CCCN5C(=O)[C@@H](NC(=O)OC)C(C)C)[nH]4)ccc3n21. The Morgan fingerprint density at radius 3 is 1.86 bits per heavy atom. The highest BCUT2D eigenvalue weighted by Crippen LogP contribution is 2.50. The van der Waals surface area contributed by atoms with E-state index in [1.54, 1.807) is 22.2 Å². The average Bonchev–Trinajstić information content (AvgIpc) is 4.16. The minimum absolute atomic E-state index is 0.132. The third-order valence-electron chi connectivity index (χ3n) is 12.8. The predicted molar refractivity (Wildman–Crippen MR) is 242 cm³/mol. The number of nitrogens with zero attached hydrogens (tertiary/aromatic N) is 5. The lowest BCUT2D eigenvalue weighted by Crippen LogP contribution is -2.51. The Balaban J connectivity index is 1.07. The number of carbonyl (C=O) groups is 4. The van der Waals surface area contributed by atoms with Crippen LogP contribution >= 0.6 is 11.6 Å². The van der Waals surface area contributed by atoms with Gasteiger partial charge in [0.2, 0.25) is 11.8 Å². The van der Waals surface area contributed by atoms with Gasteiger partial charge in [-0.3, -0.25) is 9.59 Å². The molecular weight excluding hydrogens is 838 g/mol. The Kier molecular flexibility index (Phi) is 12.9. The number of fused-ring (bicyclic) bond motifs is 5. The highest BCUT2D eigenvalue weighted by molar-refractivity contribution is 6.38. The van der Waals surface area contributed by atoms with Crippen LogP contribution in [-0.2, 0) is 19.1 Å². The molecule has 5 aromatic rings. The largest absolute Gasteiger partial charge is 0.469 e. The molecule has 2 aromatic carbocycles. The first kappa shape index (κ1) is 44.6. The van der Waals surface area contributed by atoms with Gasteiger partial charge >= 0.3 is 12.2 Å². The number of methoxy groups -OCH3 is 2. The molecule has 17 heteroatoms. The summed E-state index contributed by atoms with van der Waals surface area (Å²) < 4.78 is 18.7. The van der Waals surface area contributed by atoms with Crippen molar-refractivity contribution < 1.29 is 33.4 Å².